The Bertz CT molecular complexity index is 316. The Morgan fingerprint density at radius 3 is 2.21 bits per heavy atom. The summed E-state index contributed by atoms with van der Waals surface area (Å²) in [5, 5.41) is -0.415. The van der Waals surface area contributed by atoms with Gasteiger partial charge in [0, 0.05) is 14.1 Å². The first-order valence-electron chi connectivity index (χ1n) is 4.38. The van der Waals surface area contributed by atoms with Crippen molar-refractivity contribution in [3.8, 4) is 0 Å². The molecule has 1 fully saturated rings. The largest absolute Gasteiger partial charge is 0.469 e. The van der Waals surface area contributed by atoms with Crippen molar-refractivity contribution in [1.82, 2.24) is 4.31 Å². The molecule has 14 heavy (non-hydrogen) atoms. The van der Waals surface area contributed by atoms with Crippen molar-refractivity contribution in [1.29, 1.82) is 0 Å². The summed E-state index contributed by atoms with van der Waals surface area (Å²) in [5.74, 6) is -0.546. The van der Waals surface area contributed by atoms with Crippen LogP contribution in [0.1, 0.15) is 12.8 Å². The van der Waals surface area contributed by atoms with Crippen molar-refractivity contribution < 1.29 is 17.9 Å². The Morgan fingerprint density at radius 1 is 1.36 bits per heavy atom. The normalized spacial score (nSPS) is 27.1. The lowest BCUT2D eigenvalue weighted by Crippen LogP contribution is -2.45. The fourth-order valence-corrected chi connectivity index (χ4v) is 3.01. The van der Waals surface area contributed by atoms with Crippen molar-refractivity contribution in [3.63, 3.8) is 0 Å². The molecule has 0 aromatic carbocycles. The van der Waals surface area contributed by atoms with Gasteiger partial charge >= 0.3 is 5.97 Å². The Balaban J connectivity index is 2.54. The van der Waals surface area contributed by atoms with Crippen LogP contribution >= 0.6 is 0 Å². The highest BCUT2D eigenvalue weighted by molar-refractivity contribution is 7.89. The summed E-state index contributed by atoms with van der Waals surface area (Å²) < 4.78 is 28.8. The molecule has 6 heteroatoms. The average Bonchev–Trinajstić information content (AvgIpc) is 2.00. The molecule has 0 bridgehead atoms. The van der Waals surface area contributed by atoms with Crippen LogP contribution in [0.3, 0.4) is 0 Å². The smallest absolute Gasteiger partial charge is 0.308 e. The molecule has 0 radical (unpaired) electrons. The van der Waals surface area contributed by atoms with Crippen LogP contribution in [0.25, 0.3) is 0 Å². The third-order valence-corrected chi connectivity index (χ3v) is 4.80. The summed E-state index contributed by atoms with van der Waals surface area (Å²) in [4.78, 5) is 11.0. The molecule has 0 saturated heterocycles. The zero-order valence-electron chi connectivity index (χ0n) is 8.56. The predicted molar refractivity (Wildman–Crippen MR) is 51.1 cm³/mol. The second-order valence-electron chi connectivity index (χ2n) is 3.64. The molecule has 0 spiro atoms. The van der Waals surface area contributed by atoms with E-state index in [9.17, 15) is 13.2 Å². The van der Waals surface area contributed by atoms with Crippen LogP contribution in [0.5, 0.6) is 0 Å². The van der Waals surface area contributed by atoms with E-state index >= 15 is 0 Å². The summed E-state index contributed by atoms with van der Waals surface area (Å²) in [6, 6.07) is 0. The van der Waals surface area contributed by atoms with Gasteiger partial charge in [0.15, 0.2) is 0 Å². The minimum Gasteiger partial charge on any atom is -0.469 e. The molecule has 0 N–H and O–H groups in total. The minimum absolute atomic E-state index is 0.236. The molecule has 1 aliphatic carbocycles. The van der Waals surface area contributed by atoms with Gasteiger partial charge in [0.2, 0.25) is 10.0 Å². The number of sulfonamides is 1. The fraction of sp³-hybridized carbons (Fsp3) is 0.875. The highest BCUT2D eigenvalue weighted by atomic mass is 32.2. The van der Waals surface area contributed by atoms with Crippen molar-refractivity contribution in [2.24, 2.45) is 5.92 Å². The fourth-order valence-electron chi connectivity index (χ4n) is 1.47. The van der Waals surface area contributed by atoms with Gasteiger partial charge in [-0.25, -0.2) is 12.7 Å². The number of carbonyl (C=O) groups is 1. The second kappa shape index (κ2) is 3.86. The Hall–Kier alpha value is -0.620. The summed E-state index contributed by atoms with van der Waals surface area (Å²) in [5.41, 5.74) is 0. The van der Waals surface area contributed by atoms with Gasteiger partial charge in [-0.15, -0.1) is 0 Å². The van der Waals surface area contributed by atoms with Gasteiger partial charge in [-0.3, -0.25) is 4.79 Å². The molecule has 1 rings (SSSR count). The summed E-state index contributed by atoms with van der Waals surface area (Å²) in [6.45, 7) is 0. The highest BCUT2D eigenvalue weighted by Crippen LogP contribution is 2.34. The summed E-state index contributed by atoms with van der Waals surface area (Å²) in [7, 11) is 1.13. The lowest BCUT2D eigenvalue weighted by molar-refractivity contribution is -0.148. The predicted octanol–water partition coefficient (Wildman–Crippen LogP) is -0.171. The van der Waals surface area contributed by atoms with Crippen LogP contribution in [-0.2, 0) is 19.6 Å². The van der Waals surface area contributed by atoms with Gasteiger partial charge in [-0.05, 0) is 12.8 Å². The van der Waals surface area contributed by atoms with Crippen LogP contribution in [0.4, 0.5) is 0 Å². The SMILES string of the molecule is COC(=O)C1CC(S(=O)(=O)N(C)C)C1. The first-order chi connectivity index (χ1) is 6.39. The molecule has 0 aliphatic heterocycles. The van der Waals surface area contributed by atoms with Crippen LogP contribution in [0.2, 0.25) is 0 Å². The quantitative estimate of drug-likeness (QED) is 0.621. The van der Waals surface area contributed by atoms with Crippen LogP contribution in [-0.4, -0.2) is 45.1 Å². The highest BCUT2D eigenvalue weighted by Gasteiger charge is 2.43. The molecule has 0 heterocycles. The van der Waals surface area contributed by atoms with Crippen molar-refractivity contribution in [2.75, 3.05) is 21.2 Å². The Labute approximate surface area is 84.1 Å². The van der Waals surface area contributed by atoms with Gasteiger partial charge in [0.25, 0.3) is 0 Å². The van der Waals surface area contributed by atoms with E-state index in [2.05, 4.69) is 4.74 Å². The summed E-state index contributed by atoms with van der Waals surface area (Å²) >= 11 is 0. The van der Waals surface area contributed by atoms with Crippen LogP contribution in [0.15, 0.2) is 0 Å². The molecule has 0 unspecified atom stereocenters. The van der Waals surface area contributed by atoms with E-state index in [-0.39, 0.29) is 11.9 Å². The molecule has 0 aromatic rings. The average molecular weight is 221 g/mol. The molecule has 0 amide bonds. The van der Waals surface area contributed by atoms with Crippen molar-refractivity contribution >= 4 is 16.0 Å². The first kappa shape index (κ1) is 11.5. The number of rotatable bonds is 3. The van der Waals surface area contributed by atoms with Crippen molar-refractivity contribution in [2.45, 2.75) is 18.1 Å². The van der Waals surface area contributed by atoms with Crippen LogP contribution < -0.4 is 0 Å². The van der Waals surface area contributed by atoms with E-state index in [0.717, 1.165) is 0 Å². The van der Waals surface area contributed by atoms with Crippen LogP contribution in [0, 0.1) is 5.92 Å². The lowest BCUT2D eigenvalue weighted by atomic mass is 9.85. The van der Waals surface area contributed by atoms with Gasteiger partial charge in [-0.1, -0.05) is 0 Å². The van der Waals surface area contributed by atoms with Crippen molar-refractivity contribution in [3.05, 3.63) is 0 Å². The molecule has 82 valence electrons. The molecule has 1 aliphatic rings. The number of hydrogen-bond donors (Lipinski definition) is 0. The monoisotopic (exact) mass is 221 g/mol. The lowest BCUT2D eigenvalue weighted by Gasteiger charge is -2.34. The number of carbonyl (C=O) groups excluding carboxylic acids is 1. The van der Waals surface area contributed by atoms with E-state index < -0.39 is 15.3 Å². The molecule has 0 aromatic heterocycles. The summed E-state index contributed by atoms with van der Waals surface area (Å²) in [6.07, 6.45) is 0.764. The number of ether oxygens (including phenoxy) is 1. The Morgan fingerprint density at radius 2 is 1.86 bits per heavy atom. The molecule has 0 atom stereocenters. The first-order valence-corrected chi connectivity index (χ1v) is 5.89. The van der Waals surface area contributed by atoms with E-state index in [4.69, 9.17) is 0 Å². The maximum atomic E-state index is 11.5. The van der Waals surface area contributed by atoms with Gasteiger partial charge in [0.1, 0.15) is 0 Å². The number of esters is 1. The van der Waals surface area contributed by atoms with E-state index in [1.165, 1.54) is 25.5 Å². The number of methoxy groups -OCH3 is 1. The molecule has 5 nitrogen and oxygen atoms in total. The maximum Gasteiger partial charge on any atom is 0.308 e. The third-order valence-electron chi connectivity index (χ3n) is 2.56. The Kier molecular flexibility index (Phi) is 3.16. The maximum absolute atomic E-state index is 11.5. The van der Waals surface area contributed by atoms with E-state index in [1.807, 2.05) is 0 Å². The van der Waals surface area contributed by atoms with Gasteiger partial charge in [0.05, 0.1) is 18.3 Å². The topological polar surface area (TPSA) is 63.7 Å². The number of hydrogen-bond acceptors (Lipinski definition) is 4. The number of nitrogens with zero attached hydrogens (tertiary/aromatic N) is 1. The zero-order valence-corrected chi connectivity index (χ0v) is 9.37. The minimum atomic E-state index is -3.19. The third kappa shape index (κ3) is 1.90. The molecule has 1 saturated carbocycles. The van der Waals surface area contributed by atoms with E-state index in [1.54, 1.807) is 0 Å². The second-order valence-corrected chi connectivity index (χ2v) is 6.07. The molecular formula is C8H15NO4S. The molecular weight excluding hydrogens is 206 g/mol. The van der Waals surface area contributed by atoms with Gasteiger partial charge < -0.3 is 4.74 Å². The standard InChI is InChI=1S/C8H15NO4S/c1-9(2)14(11,12)7-4-6(5-7)8(10)13-3/h6-7H,4-5H2,1-3H3. The van der Waals surface area contributed by atoms with Gasteiger partial charge in [-0.2, -0.15) is 0 Å². The van der Waals surface area contributed by atoms with E-state index in [0.29, 0.717) is 12.8 Å². The zero-order chi connectivity index (χ0) is 10.9.